The van der Waals surface area contributed by atoms with E-state index >= 15 is 0 Å². The molecule has 0 unspecified atom stereocenters. The van der Waals surface area contributed by atoms with Gasteiger partial charge in [0, 0.05) is 50.8 Å². The molecule has 0 atom stereocenters. The number of ether oxygens (including phenoxy) is 2. The third-order valence-electron chi connectivity index (χ3n) is 5.75. The molecule has 2 saturated heterocycles. The van der Waals surface area contributed by atoms with Crippen LogP contribution in [-0.2, 0) is 24.3 Å². The SMILES string of the molecule is CN(CC(=O)Nc1ccc(N2CCOCC2)cc1)C(=O)c1cc(S(=O)(=O)N2CCOCC2)c[nH]1. The van der Waals surface area contributed by atoms with Gasteiger partial charge in [-0.2, -0.15) is 4.31 Å². The van der Waals surface area contributed by atoms with Crippen molar-refractivity contribution in [3.63, 3.8) is 0 Å². The van der Waals surface area contributed by atoms with Crippen LogP contribution >= 0.6 is 0 Å². The molecule has 2 aliphatic rings. The number of amides is 2. The molecule has 2 fully saturated rings. The Morgan fingerprint density at radius 2 is 1.65 bits per heavy atom. The summed E-state index contributed by atoms with van der Waals surface area (Å²) >= 11 is 0. The van der Waals surface area contributed by atoms with E-state index in [0.29, 0.717) is 32.1 Å². The number of anilines is 2. The Balaban J connectivity index is 1.32. The quantitative estimate of drug-likeness (QED) is 0.581. The van der Waals surface area contributed by atoms with Gasteiger partial charge in [0.25, 0.3) is 5.91 Å². The van der Waals surface area contributed by atoms with Crippen LogP contribution in [0, 0.1) is 0 Å². The summed E-state index contributed by atoms with van der Waals surface area (Å²) in [6, 6.07) is 8.80. The lowest BCUT2D eigenvalue weighted by Gasteiger charge is -2.28. The number of nitrogens with one attached hydrogen (secondary N) is 2. The highest BCUT2D eigenvalue weighted by atomic mass is 32.2. The average molecular weight is 492 g/mol. The van der Waals surface area contributed by atoms with Crippen LogP contribution in [0.25, 0.3) is 0 Å². The van der Waals surface area contributed by atoms with Crippen molar-refractivity contribution in [2.75, 3.05) is 76.4 Å². The van der Waals surface area contributed by atoms with E-state index < -0.39 is 15.9 Å². The van der Waals surface area contributed by atoms with Crippen LogP contribution in [0.2, 0.25) is 0 Å². The van der Waals surface area contributed by atoms with E-state index in [-0.39, 0.29) is 36.1 Å². The first-order valence-corrected chi connectivity index (χ1v) is 12.5. The van der Waals surface area contributed by atoms with Gasteiger partial charge >= 0.3 is 0 Å². The predicted molar refractivity (Wildman–Crippen MR) is 125 cm³/mol. The van der Waals surface area contributed by atoms with Crippen LogP contribution < -0.4 is 10.2 Å². The van der Waals surface area contributed by atoms with Crippen molar-refractivity contribution in [3.05, 3.63) is 42.2 Å². The summed E-state index contributed by atoms with van der Waals surface area (Å²) in [6.45, 7) is 4.07. The van der Waals surface area contributed by atoms with Gasteiger partial charge in [-0.05, 0) is 30.3 Å². The van der Waals surface area contributed by atoms with Gasteiger partial charge in [-0.3, -0.25) is 9.59 Å². The molecule has 2 N–H and O–H groups in total. The third-order valence-corrected chi connectivity index (χ3v) is 7.63. The highest BCUT2D eigenvalue weighted by molar-refractivity contribution is 7.89. The minimum absolute atomic E-state index is 0.0101. The van der Waals surface area contributed by atoms with Gasteiger partial charge in [-0.1, -0.05) is 0 Å². The lowest BCUT2D eigenvalue weighted by molar-refractivity contribution is -0.116. The van der Waals surface area contributed by atoms with Gasteiger partial charge in [-0.25, -0.2) is 8.42 Å². The number of hydrogen-bond acceptors (Lipinski definition) is 7. The van der Waals surface area contributed by atoms with Crippen molar-refractivity contribution < 1.29 is 27.5 Å². The van der Waals surface area contributed by atoms with Crippen LogP contribution in [0.3, 0.4) is 0 Å². The Morgan fingerprint density at radius 1 is 1.03 bits per heavy atom. The number of morpholine rings is 2. The molecule has 0 aliphatic carbocycles. The number of likely N-dealkylation sites (N-methyl/N-ethyl adjacent to an activating group) is 1. The summed E-state index contributed by atoms with van der Waals surface area (Å²) < 4.78 is 37.4. The molecule has 2 aliphatic heterocycles. The van der Waals surface area contributed by atoms with Gasteiger partial charge in [-0.15, -0.1) is 0 Å². The van der Waals surface area contributed by atoms with E-state index in [9.17, 15) is 18.0 Å². The molecule has 0 spiro atoms. The first kappa shape index (κ1) is 24.2. The largest absolute Gasteiger partial charge is 0.379 e. The van der Waals surface area contributed by atoms with Crippen LogP contribution in [0.4, 0.5) is 11.4 Å². The number of nitrogens with zero attached hydrogens (tertiary/aromatic N) is 3. The fraction of sp³-hybridized carbons (Fsp3) is 0.455. The Labute approximate surface area is 198 Å². The number of hydrogen-bond donors (Lipinski definition) is 2. The topological polar surface area (TPSA) is 124 Å². The summed E-state index contributed by atoms with van der Waals surface area (Å²) in [5, 5.41) is 2.78. The lowest BCUT2D eigenvalue weighted by Crippen LogP contribution is -2.40. The first-order chi connectivity index (χ1) is 16.3. The van der Waals surface area contributed by atoms with Gasteiger partial charge < -0.3 is 29.6 Å². The number of aromatic nitrogens is 1. The fourth-order valence-corrected chi connectivity index (χ4v) is 5.26. The molecule has 34 heavy (non-hydrogen) atoms. The first-order valence-electron chi connectivity index (χ1n) is 11.1. The van der Waals surface area contributed by atoms with E-state index in [1.165, 1.54) is 28.5 Å². The maximum absolute atomic E-state index is 12.8. The van der Waals surface area contributed by atoms with E-state index in [4.69, 9.17) is 9.47 Å². The number of carbonyl (C=O) groups excluding carboxylic acids is 2. The standard InChI is InChI=1S/C22H29N5O6S/c1-25(16-21(28)24-17-2-4-18(5-3-17)26-6-10-32-11-7-26)22(29)20-14-19(15-23-20)34(30,31)27-8-12-33-13-9-27/h2-5,14-15,23H,6-13,16H2,1H3,(H,24,28). The maximum Gasteiger partial charge on any atom is 0.270 e. The average Bonchev–Trinajstić information content (AvgIpc) is 3.36. The van der Waals surface area contributed by atoms with Gasteiger partial charge in [0.2, 0.25) is 15.9 Å². The summed E-state index contributed by atoms with van der Waals surface area (Å²) in [5.41, 5.74) is 1.78. The molecule has 1 aromatic carbocycles. The Hall–Kier alpha value is -2.93. The zero-order valence-corrected chi connectivity index (χ0v) is 19.8. The van der Waals surface area contributed by atoms with Gasteiger partial charge in [0.15, 0.2) is 0 Å². The summed E-state index contributed by atoms with van der Waals surface area (Å²) in [6.07, 6.45) is 1.29. The maximum atomic E-state index is 12.8. The molecule has 4 rings (SSSR count). The molecule has 12 heteroatoms. The molecular weight excluding hydrogens is 462 g/mol. The monoisotopic (exact) mass is 491 g/mol. The summed E-state index contributed by atoms with van der Waals surface area (Å²) in [7, 11) is -2.23. The number of benzene rings is 1. The van der Waals surface area contributed by atoms with Crippen molar-refractivity contribution in [3.8, 4) is 0 Å². The molecule has 0 radical (unpaired) electrons. The molecule has 2 aromatic rings. The molecule has 3 heterocycles. The van der Waals surface area contributed by atoms with Crippen LogP contribution in [-0.4, -0.2) is 101 Å². The number of sulfonamides is 1. The number of aromatic amines is 1. The summed E-state index contributed by atoms with van der Waals surface area (Å²) in [5.74, 6) is -0.844. The molecule has 11 nitrogen and oxygen atoms in total. The number of H-pyrrole nitrogens is 1. The third kappa shape index (κ3) is 5.58. The predicted octanol–water partition coefficient (Wildman–Crippen LogP) is 0.583. The Morgan fingerprint density at radius 3 is 2.29 bits per heavy atom. The normalized spacial score (nSPS) is 17.4. The number of carbonyl (C=O) groups is 2. The van der Waals surface area contributed by atoms with Crippen molar-refractivity contribution in [1.82, 2.24) is 14.2 Å². The van der Waals surface area contributed by atoms with E-state index in [1.54, 1.807) is 0 Å². The summed E-state index contributed by atoms with van der Waals surface area (Å²) in [4.78, 5) is 31.4. The van der Waals surface area contributed by atoms with E-state index in [1.807, 2.05) is 24.3 Å². The molecule has 2 amide bonds. The smallest absolute Gasteiger partial charge is 0.270 e. The lowest BCUT2D eigenvalue weighted by atomic mass is 10.2. The zero-order valence-electron chi connectivity index (χ0n) is 19.0. The molecule has 0 saturated carbocycles. The minimum Gasteiger partial charge on any atom is -0.379 e. The second-order valence-corrected chi connectivity index (χ2v) is 10.1. The fourth-order valence-electron chi connectivity index (χ4n) is 3.85. The van der Waals surface area contributed by atoms with Crippen LogP contribution in [0.15, 0.2) is 41.4 Å². The van der Waals surface area contributed by atoms with Crippen molar-refractivity contribution >= 4 is 33.2 Å². The molecular formula is C22H29N5O6S. The van der Waals surface area contributed by atoms with Crippen molar-refractivity contribution in [2.45, 2.75) is 4.90 Å². The van der Waals surface area contributed by atoms with Gasteiger partial charge in [0.05, 0.1) is 33.0 Å². The Bertz CT molecular complexity index is 1110. The molecule has 184 valence electrons. The van der Waals surface area contributed by atoms with Crippen LogP contribution in [0.1, 0.15) is 10.5 Å². The van der Waals surface area contributed by atoms with Crippen molar-refractivity contribution in [1.29, 1.82) is 0 Å². The van der Waals surface area contributed by atoms with Gasteiger partial charge in [0.1, 0.15) is 10.6 Å². The minimum atomic E-state index is -3.71. The molecule has 1 aromatic heterocycles. The van der Waals surface area contributed by atoms with Crippen molar-refractivity contribution in [2.24, 2.45) is 0 Å². The van der Waals surface area contributed by atoms with E-state index in [0.717, 1.165) is 18.8 Å². The second kappa shape index (κ2) is 10.6. The Kier molecular flexibility index (Phi) is 7.51. The van der Waals surface area contributed by atoms with E-state index in [2.05, 4.69) is 15.2 Å². The zero-order chi connectivity index (χ0) is 24.1. The highest BCUT2D eigenvalue weighted by Gasteiger charge is 2.28. The second-order valence-electron chi connectivity index (χ2n) is 8.12. The van der Waals surface area contributed by atoms with Crippen LogP contribution in [0.5, 0.6) is 0 Å². The number of rotatable bonds is 7. The highest BCUT2D eigenvalue weighted by Crippen LogP contribution is 2.20. The molecule has 0 bridgehead atoms.